The van der Waals surface area contributed by atoms with Crippen LogP contribution in [0, 0.1) is 0 Å². The minimum atomic E-state index is -0.227. The van der Waals surface area contributed by atoms with Gasteiger partial charge in [0.15, 0.2) is 0 Å². The molecule has 0 saturated carbocycles. The van der Waals surface area contributed by atoms with E-state index in [2.05, 4.69) is 20.6 Å². The van der Waals surface area contributed by atoms with Crippen molar-refractivity contribution >= 4 is 53.3 Å². The van der Waals surface area contributed by atoms with Crippen LogP contribution in [0.3, 0.4) is 0 Å². The Hall–Kier alpha value is -2.61. The van der Waals surface area contributed by atoms with Crippen LogP contribution in [0.15, 0.2) is 48.8 Å². The first-order valence-electron chi connectivity index (χ1n) is 9.46. The van der Waals surface area contributed by atoms with Crippen LogP contribution in [0.4, 0.5) is 5.69 Å². The Bertz CT molecular complexity index is 1020. The predicted molar refractivity (Wildman–Crippen MR) is 123 cm³/mol. The molecule has 9 heteroatoms. The normalized spacial score (nSPS) is 15.4. The molecular weight excluding hydrogens is 425 g/mol. The zero-order chi connectivity index (χ0) is 19.5. The van der Waals surface area contributed by atoms with E-state index in [-0.39, 0.29) is 42.7 Å². The van der Waals surface area contributed by atoms with Crippen LogP contribution in [-0.2, 0) is 0 Å². The number of carbonyl (C=O) groups excluding carboxylic acids is 2. The summed E-state index contributed by atoms with van der Waals surface area (Å²) in [7, 11) is 1.90. The zero-order valence-electron chi connectivity index (χ0n) is 16.6. The van der Waals surface area contributed by atoms with Gasteiger partial charge in [-0.1, -0.05) is 6.07 Å². The number of hydrogen-bond acceptors (Lipinski definition) is 4. The Labute approximate surface area is 187 Å². The number of likely N-dealkylation sites (tertiary alicyclic amines) is 1. The number of anilines is 1. The number of rotatable bonds is 5. The Kier molecular flexibility index (Phi) is 8.23. The number of fused-ring (bicyclic) bond motifs is 1. The van der Waals surface area contributed by atoms with E-state index in [9.17, 15) is 9.59 Å². The van der Waals surface area contributed by atoms with Crippen LogP contribution in [0.25, 0.3) is 11.0 Å². The summed E-state index contributed by atoms with van der Waals surface area (Å²) < 4.78 is 0. The minimum absolute atomic E-state index is 0. The smallest absolute Gasteiger partial charge is 0.255 e. The van der Waals surface area contributed by atoms with Gasteiger partial charge in [-0.05, 0) is 56.3 Å². The Morgan fingerprint density at radius 1 is 1.17 bits per heavy atom. The van der Waals surface area contributed by atoms with Gasteiger partial charge in [-0.15, -0.1) is 24.8 Å². The maximum absolute atomic E-state index is 12.9. The van der Waals surface area contributed by atoms with Crippen LogP contribution in [-0.4, -0.2) is 52.9 Å². The quantitative estimate of drug-likeness (QED) is 0.555. The van der Waals surface area contributed by atoms with E-state index in [1.54, 1.807) is 48.8 Å². The van der Waals surface area contributed by atoms with Gasteiger partial charge in [0.2, 0.25) is 0 Å². The van der Waals surface area contributed by atoms with E-state index in [1.165, 1.54) is 0 Å². The van der Waals surface area contributed by atoms with Gasteiger partial charge in [0.1, 0.15) is 0 Å². The van der Waals surface area contributed by atoms with E-state index in [4.69, 9.17) is 0 Å². The highest BCUT2D eigenvalue weighted by Gasteiger charge is 2.28. The topological polar surface area (TPSA) is 90.1 Å². The van der Waals surface area contributed by atoms with Crippen molar-refractivity contribution in [1.29, 1.82) is 0 Å². The molecule has 3 N–H and O–H groups in total. The molecule has 160 valence electrons. The number of H-pyrrole nitrogens is 1. The van der Waals surface area contributed by atoms with Crippen molar-refractivity contribution in [3.63, 3.8) is 0 Å². The number of halogens is 2. The number of aromatic amines is 1. The first-order chi connectivity index (χ1) is 13.7. The van der Waals surface area contributed by atoms with E-state index < -0.39 is 0 Å². The fourth-order valence-electron chi connectivity index (χ4n) is 3.73. The molecule has 1 unspecified atom stereocenters. The molecule has 1 aliphatic rings. The van der Waals surface area contributed by atoms with Crippen LogP contribution in [0.2, 0.25) is 0 Å². The maximum atomic E-state index is 12.9. The summed E-state index contributed by atoms with van der Waals surface area (Å²) in [4.78, 5) is 34.6. The summed E-state index contributed by atoms with van der Waals surface area (Å²) in [6, 6.07) is 12.6. The van der Waals surface area contributed by atoms with Crippen molar-refractivity contribution in [1.82, 2.24) is 20.2 Å². The first-order valence-corrected chi connectivity index (χ1v) is 9.46. The molecule has 0 radical (unpaired) electrons. The number of likely N-dealkylation sites (N-methyl/N-ethyl adjacent to an activating group) is 1. The maximum Gasteiger partial charge on any atom is 0.255 e. The van der Waals surface area contributed by atoms with E-state index in [0.717, 1.165) is 37.0 Å². The van der Waals surface area contributed by atoms with Gasteiger partial charge in [0, 0.05) is 35.9 Å². The second-order valence-electron chi connectivity index (χ2n) is 7.02. The highest BCUT2D eigenvalue weighted by atomic mass is 35.5. The van der Waals surface area contributed by atoms with Crippen molar-refractivity contribution in [2.75, 3.05) is 25.5 Å². The largest absolute Gasteiger partial charge is 0.345 e. The van der Waals surface area contributed by atoms with Gasteiger partial charge in [0.05, 0.1) is 17.4 Å². The molecule has 4 rings (SSSR count). The van der Waals surface area contributed by atoms with Gasteiger partial charge in [-0.25, -0.2) is 4.98 Å². The monoisotopic (exact) mass is 449 g/mol. The third kappa shape index (κ3) is 4.92. The van der Waals surface area contributed by atoms with Gasteiger partial charge >= 0.3 is 0 Å². The summed E-state index contributed by atoms with van der Waals surface area (Å²) in [6.07, 6.45) is 3.63. The predicted octanol–water partition coefficient (Wildman–Crippen LogP) is 3.48. The third-order valence-corrected chi connectivity index (χ3v) is 5.13. The standard InChI is InChI=1S/C21H23N5O2.2ClH/c1-22-12-17-6-3-9-26(17)21(28)15-4-2-5-16(10-15)25-20(27)14-7-8-18-19(11-14)24-13-23-18;;/h2,4-5,7-8,10-11,13,17,22H,3,6,9,12H2,1H3,(H,23,24)(H,25,27);2*1H. The average Bonchev–Trinajstić information content (AvgIpc) is 3.36. The molecule has 1 aliphatic heterocycles. The van der Waals surface area contributed by atoms with E-state index in [1.807, 2.05) is 11.9 Å². The second kappa shape index (κ2) is 10.4. The molecule has 2 aromatic carbocycles. The summed E-state index contributed by atoms with van der Waals surface area (Å²) in [5.74, 6) is -0.219. The molecular formula is C21H25Cl2N5O2. The summed E-state index contributed by atoms with van der Waals surface area (Å²) in [5.41, 5.74) is 3.34. The Balaban J connectivity index is 0.00000160. The van der Waals surface area contributed by atoms with Crippen LogP contribution < -0.4 is 10.6 Å². The van der Waals surface area contributed by atoms with Crippen LogP contribution in [0.5, 0.6) is 0 Å². The number of nitrogens with zero attached hydrogens (tertiary/aromatic N) is 2. The fraction of sp³-hybridized carbons (Fsp3) is 0.286. The molecule has 30 heavy (non-hydrogen) atoms. The first kappa shape index (κ1) is 23.7. The molecule has 3 aromatic rings. The lowest BCUT2D eigenvalue weighted by Crippen LogP contribution is -2.40. The number of imidazole rings is 1. The van der Waals surface area contributed by atoms with E-state index >= 15 is 0 Å². The van der Waals surface area contributed by atoms with Crippen molar-refractivity contribution in [3.8, 4) is 0 Å². The van der Waals surface area contributed by atoms with Crippen LogP contribution >= 0.6 is 24.8 Å². The Morgan fingerprint density at radius 3 is 2.80 bits per heavy atom. The summed E-state index contributed by atoms with van der Waals surface area (Å²) >= 11 is 0. The number of carbonyl (C=O) groups is 2. The van der Waals surface area contributed by atoms with Crippen molar-refractivity contribution < 1.29 is 9.59 Å². The molecule has 0 bridgehead atoms. The third-order valence-electron chi connectivity index (χ3n) is 5.13. The highest BCUT2D eigenvalue weighted by Crippen LogP contribution is 2.21. The van der Waals surface area contributed by atoms with Gasteiger partial charge in [-0.2, -0.15) is 0 Å². The van der Waals surface area contributed by atoms with Crippen LogP contribution in [0.1, 0.15) is 33.6 Å². The lowest BCUT2D eigenvalue weighted by Gasteiger charge is -2.24. The lowest BCUT2D eigenvalue weighted by molar-refractivity contribution is 0.0736. The molecule has 2 amide bonds. The molecule has 0 spiro atoms. The zero-order valence-corrected chi connectivity index (χ0v) is 18.2. The molecule has 7 nitrogen and oxygen atoms in total. The van der Waals surface area contributed by atoms with Crippen molar-refractivity contribution in [2.24, 2.45) is 0 Å². The molecule has 1 aromatic heterocycles. The van der Waals surface area contributed by atoms with Gasteiger partial charge < -0.3 is 20.5 Å². The number of amides is 2. The van der Waals surface area contributed by atoms with Crippen molar-refractivity contribution in [3.05, 3.63) is 59.9 Å². The second-order valence-corrected chi connectivity index (χ2v) is 7.02. The number of aromatic nitrogens is 2. The SMILES string of the molecule is CNCC1CCCN1C(=O)c1cccc(NC(=O)c2ccc3nc[nH]c3c2)c1.Cl.Cl. The Morgan fingerprint density at radius 2 is 2.00 bits per heavy atom. The minimum Gasteiger partial charge on any atom is -0.345 e. The number of nitrogens with one attached hydrogen (secondary N) is 3. The number of benzene rings is 2. The number of hydrogen-bond donors (Lipinski definition) is 3. The van der Waals surface area contributed by atoms with Gasteiger partial charge in [-0.3, -0.25) is 9.59 Å². The van der Waals surface area contributed by atoms with Gasteiger partial charge in [0.25, 0.3) is 11.8 Å². The average molecular weight is 450 g/mol. The fourth-order valence-corrected chi connectivity index (χ4v) is 3.73. The lowest BCUT2D eigenvalue weighted by atomic mass is 10.1. The molecule has 0 aliphatic carbocycles. The molecule has 2 heterocycles. The molecule has 1 saturated heterocycles. The summed E-state index contributed by atoms with van der Waals surface area (Å²) in [6.45, 7) is 1.56. The van der Waals surface area contributed by atoms with Crippen molar-refractivity contribution in [2.45, 2.75) is 18.9 Å². The van der Waals surface area contributed by atoms with E-state index in [0.29, 0.717) is 16.8 Å². The highest BCUT2D eigenvalue weighted by molar-refractivity contribution is 6.06. The summed E-state index contributed by atoms with van der Waals surface area (Å²) in [5, 5.41) is 6.04. The molecule has 1 fully saturated rings. The molecule has 1 atom stereocenters.